The molecule has 0 bridgehead atoms. The van der Waals surface area contributed by atoms with E-state index in [9.17, 15) is 18.4 Å². The molecule has 10 heteroatoms. The molecule has 1 unspecified atom stereocenters. The number of aromatic amines is 1. The fraction of sp³-hybridized carbons (Fsp3) is 0.450. The van der Waals surface area contributed by atoms with Gasteiger partial charge in [-0.15, -0.1) is 9.24 Å². The summed E-state index contributed by atoms with van der Waals surface area (Å²) in [7, 11) is 2.22. The van der Waals surface area contributed by atoms with Crippen LogP contribution < -0.4 is 15.9 Å². The van der Waals surface area contributed by atoms with E-state index in [1.807, 2.05) is 20.8 Å². The number of hydrogen-bond acceptors (Lipinski definition) is 3. The summed E-state index contributed by atoms with van der Waals surface area (Å²) in [4.78, 5) is 27.1. The van der Waals surface area contributed by atoms with E-state index in [0.29, 0.717) is 11.5 Å². The summed E-state index contributed by atoms with van der Waals surface area (Å²) in [6.45, 7) is 5.78. The lowest BCUT2D eigenvalue weighted by Gasteiger charge is -2.36. The molecule has 1 aliphatic carbocycles. The number of carbonyl (C=O) groups excluding carboxylic acids is 2. The number of urea groups is 1. The van der Waals surface area contributed by atoms with Crippen LogP contribution in [0.25, 0.3) is 0 Å². The van der Waals surface area contributed by atoms with E-state index >= 15 is 0 Å². The van der Waals surface area contributed by atoms with E-state index in [2.05, 4.69) is 30.1 Å². The number of amides is 3. The highest BCUT2D eigenvalue weighted by Crippen LogP contribution is 2.43. The van der Waals surface area contributed by atoms with E-state index in [0.717, 1.165) is 37.0 Å². The normalized spacial score (nSPS) is 18.5. The summed E-state index contributed by atoms with van der Waals surface area (Å²) >= 11 is 0. The molecule has 160 valence electrons. The molecule has 0 radical (unpaired) electrons. The van der Waals surface area contributed by atoms with Gasteiger partial charge in [-0.05, 0) is 38.1 Å². The highest BCUT2D eigenvalue weighted by molar-refractivity contribution is 7.28. The van der Waals surface area contributed by atoms with Crippen LogP contribution in [-0.4, -0.2) is 27.0 Å². The van der Waals surface area contributed by atoms with Gasteiger partial charge in [0.25, 0.3) is 0 Å². The van der Waals surface area contributed by atoms with Gasteiger partial charge in [0, 0.05) is 17.0 Å². The van der Waals surface area contributed by atoms with Gasteiger partial charge in [-0.3, -0.25) is 9.89 Å². The first-order chi connectivity index (χ1) is 14.0. The SMILES string of the molecule is CC1(C(=O)Nc2n[nH]c3c2CN(C(=O)Nc2c(F)cc(F)cc2P)C3(C)C)CCC1. The molecular weight excluding hydrogens is 411 g/mol. The second kappa shape index (κ2) is 7.01. The number of hydrogen-bond donors (Lipinski definition) is 3. The van der Waals surface area contributed by atoms with Crippen LogP contribution in [-0.2, 0) is 16.9 Å². The van der Waals surface area contributed by atoms with Crippen molar-refractivity contribution in [1.29, 1.82) is 0 Å². The first-order valence-corrected chi connectivity index (χ1v) is 10.3. The summed E-state index contributed by atoms with van der Waals surface area (Å²) in [5.74, 6) is -1.25. The Kier molecular flexibility index (Phi) is 4.84. The monoisotopic (exact) mass is 435 g/mol. The number of benzene rings is 1. The lowest BCUT2D eigenvalue weighted by Crippen LogP contribution is -2.43. The minimum atomic E-state index is -0.854. The van der Waals surface area contributed by atoms with E-state index in [1.54, 1.807) is 0 Å². The van der Waals surface area contributed by atoms with Crippen LogP contribution in [0.1, 0.15) is 51.3 Å². The molecular formula is C20H24F2N5O2P. The maximum atomic E-state index is 14.2. The molecule has 2 aliphatic rings. The van der Waals surface area contributed by atoms with Crippen LogP contribution in [0.3, 0.4) is 0 Å². The summed E-state index contributed by atoms with van der Waals surface area (Å²) in [5.41, 5.74) is 0.177. The topological polar surface area (TPSA) is 90.1 Å². The second-order valence-electron chi connectivity index (χ2n) is 8.72. The Hall–Kier alpha value is -2.54. The number of rotatable bonds is 3. The van der Waals surface area contributed by atoms with Crippen LogP contribution in [0.4, 0.5) is 25.1 Å². The molecule has 0 spiro atoms. The molecule has 1 saturated carbocycles. The number of nitrogens with zero attached hydrogens (tertiary/aromatic N) is 2. The molecule has 30 heavy (non-hydrogen) atoms. The minimum Gasteiger partial charge on any atom is -0.309 e. The first-order valence-electron chi connectivity index (χ1n) is 9.75. The predicted molar refractivity (Wildman–Crippen MR) is 112 cm³/mol. The van der Waals surface area contributed by atoms with E-state index in [-0.39, 0.29) is 28.9 Å². The molecule has 1 aromatic heterocycles. The third kappa shape index (κ3) is 3.25. The van der Waals surface area contributed by atoms with Crippen molar-refractivity contribution < 1.29 is 18.4 Å². The first kappa shape index (κ1) is 20.7. The smallest absolute Gasteiger partial charge is 0.309 e. The Bertz CT molecular complexity index is 1020. The molecule has 1 fully saturated rings. The van der Waals surface area contributed by atoms with Crippen molar-refractivity contribution in [3.05, 3.63) is 35.0 Å². The van der Waals surface area contributed by atoms with Gasteiger partial charge in [-0.1, -0.05) is 13.3 Å². The molecule has 0 saturated heterocycles. The molecule has 3 N–H and O–H groups in total. The maximum absolute atomic E-state index is 14.2. The summed E-state index contributed by atoms with van der Waals surface area (Å²) < 4.78 is 27.5. The van der Waals surface area contributed by atoms with E-state index < -0.39 is 23.2 Å². The molecule has 3 amide bonds. The van der Waals surface area contributed by atoms with Gasteiger partial charge < -0.3 is 15.5 Å². The number of anilines is 2. The molecule has 1 aliphatic heterocycles. The summed E-state index contributed by atoms with van der Waals surface area (Å²) in [6.07, 6.45) is 2.71. The highest BCUT2D eigenvalue weighted by Gasteiger charge is 2.45. The summed E-state index contributed by atoms with van der Waals surface area (Å²) in [5, 5.41) is 12.8. The van der Waals surface area contributed by atoms with Gasteiger partial charge in [-0.2, -0.15) is 5.10 Å². The van der Waals surface area contributed by atoms with Crippen molar-refractivity contribution in [3.63, 3.8) is 0 Å². The zero-order valence-corrected chi connectivity index (χ0v) is 18.2. The van der Waals surface area contributed by atoms with Crippen LogP contribution in [0.5, 0.6) is 0 Å². The predicted octanol–water partition coefficient (Wildman–Crippen LogP) is 3.60. The van der Waals surface area contributed by atoms with E-state index in [1.165, 1.54) is 4.90 Å². The third-order valence-corrected chi connectivity index (χ3v) is 6.73. The Morgan fingerprint density at radius 1 is 1.20 bits per heavy atom. The molecule has 7 nitrogen and oxygen atoms in total. The van der Waals surface area contributed by atoms with Crippen molar-refractivity contribution in [3.8, 4) is 0 Å². The molecule has 2 aromatic rings. The molecule has 2 heterocycles. The van der Waals surface area contributed by atoms with E-state index in [4.69, 9.17) is 0 Å². The second-order valence-corrected chi connectivity index (χ2v) is 9.34. The number of aromatic nitrogens is 2. The van der Waals surface area contributed by atoms with Crippen molar-refractivity contribution >= 4 is 38.0 Å². The highest BCUT2D eigenvalue weighted by atomic mass is 31.0. The van der Waals surface area contributed by atoms with Gasteiger partial charge in [0.1, 0.15) is 11.6 Å². The number of fused-ring (bicyclic) bond motifs is 1. The van der Waals surface area contributed by atoms with Gasteiger partial charge in [-0.25, -0.2) is 13.6 Å². The zero-order valence-electron chi connectivity index (χ0n) is 17.0. The summed E-state index contributed by atoms with van der Waals surface area (Å²) in [6, 6.07) is 1.31. The molecule has 1 aromatic carbocycles. The third-order valence-electron chi connectivity index (χ3n) is 6.27. The largest absolute Gasteiger partial charge is 0.323 e. The fourth-order valence-corrected chi connectivity index (χ4v) is 4.41. The Morgan fingerprint density at radius 3 is 2.50 bits per heavy atom. The van der Waals surface area contributed by atoms with Crippen molar-refractivity contribution in [2.45, 2.75) is 52.1 Å². The molecule has 4 rings (SSSR count). The standard InChI is InChI=1S/C20H24F2N5O2P/c1-19(2)15-11(16(26-25-15)24-17(28)20(3)5-4-6-20)9-27(19)18(29)23-14-12(22)7-10(21)8-13(14)30/h7-8H,4-6,9,30H2,1-3H3,(H,23,29)(H2,24,25,26,28). The lowest BCUT2D eigenvalue weighted by atomic mass is 9.70. The number of H-pyrrole nitrogens is 1. The lowest BCUT2D eigenvalue weighted by molar-refractivity contribution is -0.128. The maximum Gasteiger partial charge on any atom is 0.323 e. The number of halogens is 2. The van der Waals surface area contributed by atoms with Crippen molar-refractivity contribution in [2.75, 3.05) is 10.6 Å². The van der Waals surface area contributed by atoms with Crippen molar-refractivity contribution in [1.82, 2.24) is 15.1 Å². The van der Waals surface area contributed by atoms with Crippen LogP contribution in [0, 0.1) is 17.0 Å². The van der Waals surface area contributed by atoms with Crippen molar-refractivity contribution in [2.24, 2.45) is 5.41 Å². The quantitative estimate of drug-likeness (QED) is 0.644. The molecule has 1 atom stereocenters. The Labute approximate surface area is 175 Å². The number of carbonyl (C=O) groups is 2. The van der Waals surface area contributed by atoms with Crippen LogP contribution in [0.2, 0.25) is 0 Å². The van der Waals surface area contributed by atoms with Crippen LogP contribution in [0.15, 0.2) is 12.1 Å². The fourth-order valence-electron chi connectivity index (χ4n) is 4.04. The zero-order chi connectivity index (χ0) is 21.8. The van der Waals surface area contributed by atoms with Gasteiger partial charge in [0.05, 0.1) is 23.5 Å². The Morgan fingerprint density at radius 2 is 1.90 bits per heavy atom. The van der Waals surface area contributed by atoms with Gasteiger partial charge in [0.15, 0.2) is 5.82 Å². The minimum absolute atomic E-state index is 0.0789. The van der Waals surface area contributed by atoms with Crippen LogP contribution >= 0.6 is 9.24 Å². The van der Waals surface area contributed by atoms with Gasteiger partial charge >= 0.3 is 6.03 Å². The average Bonchev–Trinajstić information content (AvgIpc) is 3.14. The number of nitrogens with one attached hydrogen (secondary N) is 3. The van der Waals surface area contributed by atoms with Gasteiger partial charge in [0.2, 0.25) is 5.91 Å². The average molecular weight is 435 g/mol. The Balaban J connectivity index is 1.55.